The van der Waals surface area contributed by atoms with Crippen LogP contribution in [0.15, 0.2) is 48.5 Å². The summed E-state index contributed by atoms with van der Waals surface area (Å²) < 4.78 is 18.0. The normalized spacial score (nSPS) is 12.1. The van der Waals surface area contributed by atoms with Crippen LogP contribution in [0.3, 0.4) is 0 Å². The van der Waals surface area contributed by atoms with Crippen molar-refractivity contribution in [2.75, 3.05) is 13.4 Å². The second-order valence-corrected chi connectivity index (χ2v) is 7.10. The molecule has 7 heteroatoms. The molecule has 2 aromatic carbocycles. The van der Waals surface area contributed by atoms with Crippen molar-refractivity contribution in [3.05, 3.63) is 76.6 Å². The first-order valence-corrected chi connectivity index (χ1v) is 9.47. The molecule has 0 unspecified atom stereocenters. The summed E-state index contributed by atoms with van der Waals surface area (Å²) in [6.07, 6.45) is 0. The molecule has 0 fully saturated rings. The molecule has 0 atom stereocenters. The van der Waals surface area contributed by atoms with E-state index in [1.165, 1.54) is 24.3 Å². The van der Waals surface area contributed by atoms with Gasteiger partial charge in [-0.25, -0.2) is 4.79 Å². The highest BCUT2D eigenvalue weighted by atomic mass is 16.7. The standard InChI is InChI=1S/C23H21NO6/c1-14-9-19(20(26)12-28-23(27)17-4-6-18(25)7-5-17)15(2)24(14)11-16-3-8-21-22(10-16)30-13-29-21/h3-10,25H,11-13H2,1-2H3. The summed E-state index contributed by atoms with van der Waals surface area (Å²) in [4.78, 5) is 24.8. The zero-order valence-electron chi connectivity index (χ0n) is 16.7. The molecule has 1 aliphatic rings. The molecular formula is C23H21NO6. The molecular weight excluding hydrogens is 386 g/mol. The lowest BCUT2D eigenvalue weighted by Gasteiger charge is -2.11. The van der Waals surface area contributed by atoms with E-state index >= 15 is 0 Å². The molecule has 0 bridgehead atoms. The van der Waals surface area contributed by atoms with Crippen molar-refractivity contribution in [3.8, 4) is 17.2 Å². The molecule has 154 valence electrons. The molecule has 0 radical (unpaired) electrons. The Morgan fingerprint density at radius 2 is 1.77 bits per heavy atom. The monoisotopic (exact) mass is 407 g/mol. The van der Waals surface area contributed by atoms with Crippen LogP contribution in [0.25, 0.3) is 0 Å². The van der Waals surface area contributed by atoms with Crippen molar-refractivity contribution < 1.29 is 28.9 Å². The Bertz CT molecular complexity index is 1110. The van der Waals surface area contributed by atoms with Crippen LogP contribution in [0.1, 0.15) is 37.7 Å². The summed E-state index contributed by atoms with van der Waals surface area (Å²) in [7, 11) is 0. The molecule has 3 aromatic rings. The van der Waals surface area contributed by atoms with Gasteiger partial charge in [-0.15, -0.1) is 0 Å². The maximum absolute atomic E-state index is 12.7. The first kappa shape index (κ1) is 19.6. The van der Waals surface area contributed by atoms with Crippen LogP contribution >= 0.6 is 0 Å². The number of esters is 1. The van der Waals surface area contributed by atoms with Gasteiger partial charge in [-0.05, 0) is 61.9 Å². The lowest BCUT2D eigenvalue weighted by molar-refractivity contribution is 0.0474. The van der Waals surface area contributed by atoms with Gasteiger partial charge in [0.05, 0.1) is 5.56 Å². The summed E-state index contributed by atoms with van der Waals surface area (Å²) in [6.45, 7) is 4.25. The fraction of sp³-hybridized carbons (Fsp3) is 0.217. The second-order valence-electron chi connectivity index (χ2n) is 7.10. The topological polar surface area (TPSA) is 87.0 Å². The van der Waals surface area contributed by atoms with Crippen LogP contribution in [0.5, 0.6) is 17.2 Å². The highest BCUT2D eigenvalue weighted by Gasteiger charge is 2.19. The predicted molar refractivity (Wildman–Crippen MR) is 108 cm³/mol. The van der Waals surface area contributed by atoms with E-state index in [1.807, 2.05) is 36.6 Å². The number of phenols is 1. The molecule has 2 heterocycles. The lowest BCUT2D eigenvalue weighted by atomic mass is 10.1. The second kappa shape index (κ2) is 7.94. The number of ether oxygens (including phenoxy) is 3. The molecule has 0 saturated carbocycles. The number of aromatic hydroxyl groups is 1. The summed E-state index contributed by atoms with van der Waals surface area (Å²) in [6, 6.07) is 13.2. The van der Waals surface area contributed by atoms with Gasteiger partial charge in [-0.3, -0.25) is 4.79 Å². The minimum absolute atomic E-state index is 0.0533. The summed E-state index contributed by atoms with van der Waals surface area (Å²) >= 11 is 0. The zero-order valence-corrected chi connectivity index (χ0v) is 16.7. The first-order valence-electron chi connectivity index (χ1n) is 9.47. The molecule has 7 nitrogen and oxygen atoms in total. The quantitative estimate of drug-likeness (QED) is 0.496. The zero-order chi connectivity index (χ0) is 21.3. The number of hydrogen-bond acceptors (Lipinski definition) is 6. The van der Waals surface area contributed by atoms with Crippen molar-refractivity contribution in [2.24, 2.45) is 0 Å². The van der Waals surface area contributed by atoms with Crippen LogP contribution in [0.2, 0.25) is 0 Å². The number of fused-ring (bicyclic) bond motifs is 1. The van der Waals surface area contributed by atoms with Gasteiger partial charge in [0.1, 0.15) is 5.75 Å². The third-order valence-electron chi connectivity index (χ3n) is 5.09. The average Bonchev–Trinajstić information content (AvgIpc) is 3.31. The number of ketones is 1. The molecule has 1 aliphatic heterocycles. The van der Waals surface area contributed by atoms with E-state index in [-0.39, 0.29) is 30.5 Å². The van der Waals surface area contributed by atoms with Crippen LogP contribution in [-0.2, 0) is 11.3 Å². The number of carbonyl (C=O) groups is 2. The lowest BCUT2D eigenvalue weighted by Crippen LogP contribution is -2.15. The highest BCUT2D eigenvalue weighted by Crippen LogP contribution is 2.33. The van der Waals surface area contributed by atoms with Crippen molar-refractivity contribution >= 4 is 11.8 Å². The van der Waals surface area contributed by atoms with E-state index in [4.69, 9.17) is 14.2 Å². The van der Waals surface area contributed by atoms with Crippen molar-refractivity contribution in [1.29, 1.82) is 0 Å². The number of rotatable bonds is 6. The summed E-state index contributed by atoms with van der Waals surface area (Å²) in [5, 5.41) is 9.29. The number of carbonyl (C=O) groups excluding carboxylic acids is 2. The predicted octanol–water partition coefficient (Wildman–Crippen LogP) is 3.63. The largest absolute Gasteiger partial charge is 0.508 e. The van der Waals surface area contributed by atoms with E-state index in [9.17, 15) is 14.7 Å². The first-order chi connectivity index (χ1) is 14.4. The highest BCUT2D eigenvalue weighted by molar-refractivity contribution is 6.00. The van der Waals surface area contributed by atoms with Gasteiger partial charge in [-0.2, -0.15) is 0 Å². The van der Waals surface area contributed by atoms with Crippen LogP contribution in [0.4, 0.5) is 0 Å². The number of aryl methyl sites for hydroxylation is 1. The van der Waals surface area contributed by atoms with Gasteiger partial charge in [-0.1, -0.05) is 6.07 Å². The van der Waals surface area contributed by atoms with Crippen LogP contribution in [0, 0.1) is 13.8 Å². The third kappa shape index (κ3) is 3.87. The average molecular weight is 407 g/mol. The maximum Gasteiger partial charge on any atom is 0.338 e. The molecule has 0 amide bonds. The Balaban J connectivity index is 1.45. The molecule has 30 heavy (non-hydrogen) atoms. The van der Waals surface area contributed by atoms with Gasteiger partial charge < -0.3 is 23.9 Å². The Hall–Kier alpha value is -3.74. The molecule has 1 N–H and O–H groups in total. The van der Waals surface area contributed by atoms with Crippen molar-refractivity contribution in [3.63, 3.8) is 0 Å². The van der Waals surface area contributed by atoms with E-state index < -0.39 is 5.97 Å². The van der Waals surface area contributed by atoms with Crippen LogP contribution < -0.4 is 9.47 Å². The maximum atomic E-state index is 12.7. The fourth-order valence-corrected chi connectivity index (χ4v) is 3.44. The van der Waals surface area contributed by atoms with E-state index in [1.54, 1.807) is 6.07 Å². The van der Waals surface area contributed by atoms with Gasteiger partial charge in [0, 0.05) is 23.5 Å². The molecule has 0 aliphatic carbocycles. The summed E-state index contributed by atoms with van der Waals surface area (Å²) in [5.41, 5.74) is 3.55. The number of hydrogen-bond donors (Lipinski definition) is 1. The third-order valence-corrected chi connectivity index (χ3v) is 5.09. The minimum atomic E-state index is -0.613. The number of benzene rings is 2. The number of Topliss-reactive ketones (excluding diaryl/α,β-unsaturated/α-hetero) is 1. The van der Waals surface area contributed by atoms with Gasteiger partial charge >= 0.3 is 5.97 Å². The van der Waals surface area contributed by atoms with Gasteiger partial charge in [0.15, 0.2) is 18.1 Å². The molecule has 0 saturated heterocycles. The van der Waals surface area contributed by atoms with Crippen molar-refractivity contribution in [2.45, 2.75) is 20.4 Å². The van der Waals surface area contributed by atoms with Gasteiger partial charge in [0.2, 0.25) is 12.6 Å². The Labute approximate surface area is 173 Å². The van der Waals surface area contributed by atoms with E-state index in [0.29, 0.717) is 17.9 Å². The van der Waals surface area contributed by atoms with Crippen molar-refractivity contribution in [1.82, 2.24) is 4.57 Å². The molecule has 1 aromatic heterocycles. The molecule has 0 spiro atoms. The van der Waals surface area contributed by atoms with E-state index in [2.05, 4.69) is 0 Å². The Kier molecular flexibility index (Phi) is 5.18. The smallest absolute Gasteiger partial charge is 0.338 e. The van der Waals surface area contributed by atoms with E-state index in [0.717, 1.165) is 22.7 Å². The van der Waals surface area contributed by atoms with Crippen LogP contribution in [-0.4, -0.2) is 34.8 Å². The summed E-state index contributed by atoms with van der Waals surface area (Å²) in [5.74, 6) is 0.612. The van der Waals surface area contributed by atoms with Gasteiger partial charge in [0.25, 0.3) is 0 Å². The molecule has 4 rings (SSSR count). The SMILES string of the molecule is Cc1cc(C(=O)COC(=O)c2ccc(O)cc2)c(C)n1Cc1ccc2c(c1)OCO2. The Morgan fingerprint density at radius 3 is 2.53 bits per heavy atom. The number of nitrogens with zero attached hydrogens (tertiary/aromatic N) is 1. The Morgan fingerprint density at radius 1 is 1.03 bits per heavy atom. The fourth-order valence-electron chi connectivity index (χ4n) is 3.44. The minimum Gasteiger partial charge on any atom is -0.508 e. The number of phenolic OH excluding ortho intramolecular Hbond substituents is 1. The number of aromatic nitrogens is 1.